The summed E-state index contributed by atoms with van der Waals surface area (Å²) in [5.41, 5.74) is 5.07. The monoisotopic (exact) mass is 321 g/mol. The SMILES string of the molecule is NC(=NO)c1cc(C(F)(F)F)ccc1N1CCS(=O)CC1. The number of halogens is 3. The molecule has 0 aliphatic carbocycles. The lowest BCUT2D eigenvalue weighted by Gasteiger charge is -2.30. The molecule has 3 N–H and O–H groups in total. The molecular weight excluding hydrogens is 307 g/mol. The topological polar surface area (TPSA) is 78.9 Å². The van der Waals surface area contributed by atoms with Crippen molar-refractivity contribution in [2.45, 2.75) is 6.18 Å². The van der Waals surface area contributed by atoms with Crippen LogP contribution in [0.1, 0.15) is 11.1 Å². The van der Waals surface area contributed by atoms with Crippen molar-refractivity contribution < 1.29 is 22.6 Å². The van der Waals surface area contributed by atoms with E-state index < -0.39 is 22.5 Å². The highest BCUT2D eigenvalue weighted by atomic mass is 32.2. The molecular formula is C12H14F3N3O2S. The molecule has 1 aromatic carbocycles. The van der Waals surface area contributed by atoms with Crippen LogP contribution in [-0.4, -0.2) is 39.8 Å². The van der Waals surface area contributed by atoms with Gasteiger partial charge in [0.2, 0.25) is 0 Å². The van der Waals surface area contributed by atoms with Gasteiger partial charge in [0, 0.05) is 46.6 Å². The predicted octanol–water partition coefficient (Wildman–Crippen LogP) is 1.37. The Morgan fingerprint density at radius 1 is 1.33 bits per heavy atom. The van der Waals surface area contributed by atoms with Gasteiger partial charge < -0.3 is 15.8 Å². The zero-order valence-corrected chi connectivity index (χ0v) is 11.7. The summed E-state index contributed by atoms with van der Waals surface area (Å²) in [6, 6.07) is 3.11. The first-order valence-corrected chi connectivity index (χ1v) is 7.61. The molecule has 5 nitrogen and oxygen atoms in total. The van der Waals surface area contributed by atoms with E-state index in [2.05, 4.69) is 5.16 Å². The van der Waals surface area contributed by atoms with Crippen molar-refractivity contribution in [3.8, 4) is 0 Å². The lowest BCUT2D eigenvalue weighted by Crippen LogP contribution is -2.39. The molecule has 0 aromatic heterocycles. The maximum atomic E-state index is 12.8. The van der Waals surface area contributed by atoms with Crippen molar-refractivity contribution in [3.63, 3.8) is 0 Å². The summed E-state index contributed by atoms with van der Waals surface area (Å²) < 4.78 is 49.6. The Balaban J connectivity index is 2.43. The van der Waals surface area contributed by atoms with E-state index in [-0.39, 0.29) is 11.4 Å². The molecule has 1 fully saturated rings. The number of alkyl halides is 3. The Labute approximate surface area is 121 Å². The van der Waals surface area contributed by atoms with E-state index in [4.69, 9.17) is 10.9 Å². The molecule has 0 spiro atoms. The molecule has 0 amide bonds. The zero-order valence-electron chi connectivity index (χ0n) is 10.9. The Morgan fingerprint density at radius 2 is 1.95 bits per heavy atom. The minimum Gasteiger partial charge on any atom is -0.409 e. The van der Waals surface area contributed by atoms with Crippen molar-refractivity contribution >= 4 is 22.3 Å². The van der Waals surface area contributed by atoms with Gasteiger partial charge in [0.25, 0.3) is 0 Å². The Hall–Kier alpha value is -1.77. The smallest absolute Gasteiger partial charge is 0.409 e. The van der Waals surface area contributed by atoms with E-state index in [1.807, 2.05) is 0 Å². The highest BCUT2D eigenvalue weighted by Gasteiger charge is 2.32. The number of hydrogen-bond donors (Lipinski definition) is 2. The number of benzene rings is 1. The number of oxime groups is 1. The lowest BCUT2D eigenvalue weighted by molar-refractivity contribution is -0.137. The summed E-state index contributed by atoms with van der Waals surface area (Å²) in [4.78, 5) is 1.79. The Bertz CT molecular complexity index is 580. The maximum absolute atomic E-state index is 12.8. The van der Waals surface area contributed by atoms with Gasteiger partial charge in [0.15, 0.2) is 5.84 Å². The largest absolute Gasteiger partial charge is 0.416 e. The van der Waals surface area contributed by atoms with E-state index >= 15 is 0 Å². The summed E-state index contributed by atoms with van der Waals surface area (Å²) >= 11 is 0. The summed E-state index contributed by atoms with van der Waals surface area (Å²) in [7, 11) is -0.905. The number of hydrogen-bond acceptors (Lipinski definition) is 4. The molecule has 1 aliphatic heterocycles. The number of amidine groups is 1. The molecule has 0 atom stereocenters. The quantitative estimate of drug-likeness (QED) is 0.373. The van der Waals surface area contributed by atoms with E-state index in [0.29, 0.717) is 30.3 Å². The van der Waals surface area contributed by atoms with Gasteiger partial charge in [-0.15, -0.1) is 0 Å². The van der Waals surface area contributed by atoms with Gasteiger partial charge >= 0.3 is 6.18 Å². The average Bonchev–Trinajstić information content (AvgIpc) is 2.46. The highest BCUT2D eigenvalue weighted by molar-refractivity contribution is 7.85. The van der Waals surface area contributed by atoms with Crippen LogP contribution >= 0.6 is 0 Å². The first-order chi connectivity index (χ1) is 9.82. The number of nitrogens with zero attached hydrogens (tertiary/aromatic N) is 2. The van der Waals surface area contributed by atoms with Crippen LogP contribution in [0.5, 0.6) is 0 Å². The van der Waals surface area contributed by atoms with Crippen LogP contribution in [0, 0.1) is 0 Å². The molecule has 1 saturated heterocycles. The van der Waals surface area contributed by atoms with E-state index in [1.165, 1.54) is 6.07 Å². The second-order valence-corrected chi connectivity index (χ2v) is 6.25. The Morgan fingerprint density at radius 3 is 2.48 bits per heavy atom. The second-order valence-electron chi connectivity index (χ2n) is 4.55. The Kier molecular flexibility index (Phi) is 4.40. The van der Waals surface area contributed by atoms with Crippen LogP contribution in [0.3, 0.4) is 0 Å². The van der Waals surface area contributed by atoms with Gasteiger partial charge in [-0.3, -0.25) is 4.21 Å². The molecule has 0 radical (unpaired) electrons. The van der Waals surface area contributed by atoms with Crippen molar-refractivity contribution in [1.29, 1.82) is 0 Å². The third-order valence-electron chi connectivity index (χ3n) is 3.23. The van der Waals surface area contributed by atoms with Gasteiger partial charge in [-0.1, -0.05) is 5.16 Å². The predicted molar refractivity (Wildman–Crippen MR) is 74.0 cm³/mol. The van der Waals surface area contributed by atoms with Gasteiger partial charge in [0.05, 0.1) is 5.56 Å². The van der Waals surface area contributed by atoms with Crippen LogP contribution in [0.2, 0.25) is 0 Å². The molecule has 2 rings (SSSR count). The third-order valence-corrected chi connectivity index (χ3v) is 4.50. The second kappa shape index (κ2) is 5.92. The third kappa shape index (κ3) is 3.46. The standard InChI is InChI=1S/C12H14F3N3O2S/c13-12(14,15)8-1-2-10(9(7-8)11(16)17-19)18-3-5-21(20)6-4-18/h1-2,7,19H,3-6H2,(H2,16,17). The van der Waals surface area contributed by atoms with E-state index in [9.17, 15) is 17.4 Å². The molecule has 0 bridgehead atoms. The van der Waals surface area contributed by atoms with Crippen molar-refractivity contribution in [2.75, 3.05) is 29.5 Å². The van der Waals surface area contributed by atoms with Crippen LogP contribution in [0.25, 0.3) is 0 Å². The highest BCUT2D eigenvalue weighted by Crippen LogP contribution is 2.33. The zero-order chi connectivity index (χ0) is 15.6. The van der Waals surface area contributed by atoms with Crippen molar-refractivity contribution in [2.24, 2.45) is 10.9 Å². The van der Waals surface area contributed by atoms with Crippen LogP contribution < -0.4 is 10.6 Å². The first-order valence-electron chi connectivity index (χ1n) is 6.12. The fourth-order valence-electron chi connectivity index (χ4n) is 2.13. The molecule has 21 heavy (non-hydrogen) atoms. The molecule has 0 unspecified atom stereocenters. The van der Waals surface area contributed by atoms with E-state index in [1.54, 1.807) is 4.90 Å². The molecule has 1 heterocycles. The molecule has 116 valence electrons. The van der Waals surface area contributed by atoms with E-state index in [0.717, 1.165) is 12.1 Å². The summed E-state index contributed by atoms with van der Waals surface area (Å²) in [5.74, 6) is 0.496. The van der Waals surface area contributed by atoms with Gasteiger partial charge in [-0.2, -0.15) is 13.2 Å². The first kappa shape index (κ1) is 15.6. The summed E-state index contributed by atoms with van der Waals surface area (Å²) in [5, 5.41) is 11.6. The molecule has 0 saturated carbocycles. The summed E-state index contributed by atoms with van der Waals surface area (Å²) in [6.45, 7) is 0.896. The minimum absolute atomic E-state index is 0.0139. The van der Waals surface area contributed by atoms with Crippen molar-refractivity contribution in [3.05, 3.63) is 29.3 Å². The molecule has 1 aliphatic rings. The fraction of sp³-hybridized carbons (Fsp3) is 0.417. The normalized spacial score (nSPS) is 18.0. The molecule has 1 aromatic rings. The number of rotatable bonds is 2. The van der Waals surface area contributed by atoms with Gasteiger partial charge in [-0.25, -0.2) is 0 Å². The van der Waals surface area contributed by atoms with Crippen LogP contribution in [-0.2, 0) is 17.0 Å². The average molecular weight is 321 g/mol. The van der Waals surface area contributed by atoms with Gasteiger partial charge in [-0.05, 0) is 18.2 Å². The lowest BCUT2D eigenvalue weighted by atomic mass is 10.1. The minimum atomic E-state index is -4.51. The van der Waals surface area contributed by atoms with Crippen molar-refractivity contribution in [1.82, 2.24) is 0 Å². The molecule has 9 heteroatoms. The summed E-state index contributed by atoms with van der Waals surface area (Å²) in [6.07, 6.45) is -4.51. The van der Waals surface area contributed by atoms with Crippen LogP contribution in [0.15, 0.2) is 23.4 Å². The number of nitrogens with two attached hydrogens (primary N) is 1. The van der Waals surface area contributed by atoms with Crippen LogP contribution in [0.4, 0.5) is 18.9 Å². The number of anilines is 1. The fourth-order valence-corrected chi connectivity index (χ4v) is 3.18. The maximum Gasteiger partial charge on any atom is 0.416 e. The van der Waals surface area contributed by atoms with Gasteiger partial charge in [0.1, 0.15) is 0 Å².